The summed E-state index contributed by atoms with van der Waals surface area (Å²) in [6.45, 7) is 5.19. The Balaban J connectivity index is 3.55. The standard InChI is InChI=1S/C10H24N2OS/c1-3-14-7-5-10(8-11)12-9(2)4-6-13/h9-10,12-13H,3-8,11H2,1-2H3. The maximum atomic E-state index is 8.76. The minimum atomic E-state index is 0.245. The Morgan fingerprint density at radius 2 is 2.14 bits per heavy atom. The number of hydrogen-bond acceptors (Lipinski definition) is 4. The van der Waals surface area contributed by atoms with E-state index in [1.54, 1.807) is 0 Å². The number of rotatable bonds is 9. The van der Waals surface area contributed by atoms with Crippen LogP contribution in [0.5, 0.6) is 0 Å². The molecule has 0 heterocycles. The molecular weight excluding hydrogens is 196 g/mol. The largest absolute Gasteiger partial charge is 0.396 e. The summed E-state index contributed by atoms with van der Waals surface area (Å²) in [6, 6.07) is 0.760. The van der Waals surface area contributed by atoms with Gasteiger partial charge >= 0.3 is 0 Å². The highest BCUT2D eigenvalue weighted by molar-refractivity contribution is 7.99. The number of nitrogens with one attached hydrogen (secondary N) is 1. The summed E-state index contributed by atoms with van der Waals surface area (Å²) in [7, 11) is 0. The molecule has 0 radical (unpaired) electrons. The molecule has 3 nitrogen and oxygen atoms in total. The van der Waals surface area contributed by atoms with Crippen molar-refractivity contribution >= 4 is 11.8 Å². The van der Waals surface area contributed by atoms with Crippen molar-refractivity contribution in [1.82, 2.24) is 5.32 Å². The Morgan fingerprint density at radius 3 is 2.64 bits per heavy atom. The van der Waals surface area contributed by atoms with Crippen molar-refractivity contribution in [3.63, 3.8) is 0 Å². The Hall–Kier alpha value is 0.230. The van der Waals surface area contributed by atoms with Crippen molar-refractivity contribution < 1.29 is 5.11 Å². The van der Waals surface area contributed by atoms with E-state index < -0.39 is 0 Å². The number of hydrogen-bond donors (Lipinski definition) is 3. The third-order valence-electron chi connectivity index (χ3n) is 2.18. The SMILES string of the molecule is CCSCCC(CN)NC(C)CCO. The molecule has 0 amide bonds. The average molecular weight is 220 g/mol. The predicted octanol–water partition coefficient (Wildman–Crippen LogP) is 0.817. The fourth-order valence-corrected chi connectivity index (χ4v) is 2.06. The monoisotopic (exact) mass is 220 g/mol. The van der Waals surface area contributed by atoms with Crippen molar-refractivity contribution in [2.24, 2.45) is 5.73 Å². The molecule has 0 fully saturated rings. The zero-order valence-corrected chi connectivity index (χ0v) is 10.1. The van der Waals surface area contributed by atoms with E-state index in [4.69, 9.17) is 10.8 Å². The Morgan fingerprint density at radius 1 is 1.43 bits per heavy atom. The first-order valence-electron chi connectivity index (χ1n) is 5.39. The van der Waals surface area contributed by atoms with Crippen LogP contribution in [0.25, 0.3) is 0 Å². The lowest BCUT2D eigenvalue weighted by Crippen LogP contribution is -2.42. The highest BCUT2D eigenvalue weighted by Crippen LogP contribution is 2.04. The molecule has 0 spiro atoms. The second-order valence-electron chi connectivity index (χ2n) is 3.50. The molecule has 0 aliphatic heterocycles. The van der Waals surface area contributed by atoms with Gasteiger partial charge in [0, 0.05) is 25.2 Å². The second kappa shape index (κ2) is 9.77. The minimum Gasteiger partial charge on any atom is -0.396 e. The molecule has 0 rings (SSSR count). The molecule has 86 valence electrons. The van der Waals surface area contributed by atoms with Gasteiger partial charge in [0.2, 0.25) is 0 Å². The molecule has 0 aromatic heterocycles. The van der Waals surface area contributed by atoms with Gasteiger partial charge in [-0.05, 0) is 31.3 Å². The molecule has 0 saturated carbocycles. The van der Waals surface area contributed by atoms with Crippen LogP contribution in [0.4, 0.5) is 0 Å². The van der Waals surface area contributed by atoms with Gasteiger partial charge in [0.05, 0.1) is 0 Å². The van der Waals surface area contributed by atoms with Crippen molar-refractivity contribution in [3.05, 3.63) is 0 Å². The molecule has 2 atom stereocenters. The summed E-state index contributed by atoms with van der Waals surface area (Å²) in [5, 5.41) is 12.2. The summed E-state index contributed by atoms with van der Waals surface area (Å²) in [4.78, 5) is 0. The van der Waals surface area contributed by atoms with Crippen LogP contribution in [0, 0.1) is 0 Å². The van der Waals surface area contributed by atoms with E-state index in [0.29, 0.717) is 18.6 Å². The fourth-order valence-electron chi connectivity index (χ4n) is 1.32. The van der Waals surface area contributed by atoms with E-state index in [1.807, 2.05) is 11.8 Å². The predicted molar refractivity (Wildman–Crippen MR) is 64.8 cm³/mol. The van der Waals surface area contributed by atoms with Crippen LogP contribution in [0.3, 0.4) is 0 Å². The number of aliphatic hydroxyl groups is 1. The van der Waals surface area contributed by atoms with Crippen LogP contribution in [0.2, 0.25) is 0 Å². The van der Waals surface area contributed by atoms with Crippen molar-refractivity contribution in [3.8, 4) is 0 Å². The molecule has 0 aliphatic carbocycles. The highest BCUT2D eigenvalue weighted by atomic mass is 32.2. The third-order valence-corrected chi connectivity index (χ3v) is 3.11. The minimum absolute atomic E-state index is 0.245. The molecular formula is C10H24N2OS. The molecule has 0 aliphatic rings. The van der Waals surface area contributed by atoms with Gasteiger partial charge in [-0.3, -0.25) is 0 Å². The quantitative estimate of drug-likeness (QED) is 0.504. The summed E-state index contributed by atoms with van der Waals surface area (Å²) in [5.74, 6) is 2.33. The van der Waals surface area contributed by atoms with E-state index in [9.17, 15) is 0 Å². The topological polar surface area (TPSA) is 58.3 Å². The van der Waals surface area contributed by atoms with Gasteiger partial charge in [-0.2, -0.15) is 11.8 Å². The Kier molecular flexibility index (Phi) is 9.93. The first kappa shape index (κ1) is 14.2. The second-order valence-corrected chi connectivity index (χ2v) is 4.89. The molecule has 0 saturated heterocycles. The highest BCUT2D eigenvalue weighted by Gasteiger charge is 2.09. The number of thioether (sulfide) groups is 1. The van der Waals surface area contributed by atoms with E-state index in [-0.39, 0.29) is 6.61 Å². The number of nitrogens with two attached hydrogens (primary N) is 1. The van der Waals surface area contributed by atoms with Crippen molar-refractivity contribution in [2.45, 2.75) is 38.8 Å². The first-order valence-corrected chi connectivity index (χ1v) is 6.54. The summed E-state index contributed by atoms with van der Waals surface area (Å²) in [5.41, 5.74) is 5.67. The van der Waals surface area contributed by atoms with Gasteiger partial charge in [0.15, 0.2) is 0 Å². The average Bonchev–Trinajstić information content (AvgIpc) is 2.17. The molecule has 4 heteroatoms. The van der Waals surface area contributed by atoms with Crippen LogP contribution >= 0.6 is 11.8 Å². The Labute approximate surface area is 91.8 Å². The van der Waals surface area contributed by atoms with Crippen LogP contribution in [0.15, 0.2) is 0 Å². The smallest absolute Gasteiger partial charge is 0.0445 e. The number of aliphatic hydroxyl groups excluding tert-OH is 1. The Bertz CT molecular complexity index is 125. The van der Waals surface area contributed by atoms with Gasteiger partial charge in [-0.25, -0.2) is 0 Å². The van der Waals surface area contributed by atoms with Crippen LogP contribution in [-0.2, 0) is 0 Å². The van der Waals surface area contributed by atoms with Gasteiger partial charge in [0.1, 0.15) is 0 Å². The zero-order valence-electron chi connectivity index (χ0n) is 9.33. The third kappa shape index (κ3) is 7.62. The summed E-state index contributed by atoms with van der Waals surface area (Å²) < 4.78 is 0. The maximum Gasteiger partial charge on any atom is 0.0445 e. The maximum absolute atomic E-state index is 8.76. The van der Waals surface area contributed by atoms with Gasteiger partial charge in [-0.1, -0.05) is 6.92 Å². The first-order chi connectivity index (χ1) is 6.74. The molecule has 0 aromatic rings. The van der Waals surface area contributed by atoms with E-state index >= 15 is 0 Å². The fraction of sp³-hybridized carbons (Fsp3) is 1.00. The molecule has 0 aromatic carbocycles. The molecule has 2 unspecified atom stereocenters. The summed E-state index contributed by atoms with van der Waals surface area (Å²) in [6.07, 6.45) is 1.92. The molecule has 4 N–H and O–H groups in total. The lowest BCUT2D eigenvalue weighted by Gasteiger charge is -2.21. The lowest BCUT2D eigenvalue weighted by molar-refractivity contribution is 0.262. The zero-order chi connectivity index (χ0) is 10.8. The van der Waals surface area contributed by atoms with Crippen LogP contribution < -0.4 is 11.1 Å². The van der Waals surface area contributed by atoms with Crippen LogP contribution in [-0.4, -0.2) is 41.8 Å². The van der Waals surface area contributed by atoms with Gasteiger partial charge in [-0.15, -0.1) is 0 Å². The van der Waals surface area contributed by atoms with E-state index in [0.717, 1.165) is 18.6 Å². The van der Waals surface area contributed by atoms with E-state index in [2.05, 4.69) is 19.2 Å². The molecule has 14 heavy (non-hydrogen) atoms. The normalized spacial score (nSPS) is 15.4. The van der Waals surface area contributed by atoms with Gasteiger partial charge < -0.3 is 16.2 Å². The summed E-state index contributed by atoms with van der Waals surface area (Å²) >= 11 is 1.95. The van der Waals surface area contributed by atoms with Gasteiger partial charge in [0.25, 0.3) is 0 Å². The lowest BCUT2D eigenvalue weighted by atomic mass is 10.1. The van der Waals surface area contributed by atoms with Crippen molar-refractivity contribution in [1.29, 1.82) is 0 Å². The van der Waals surface area contributed by atoms with E-state index in [1.165, 1.54) is 5.75 Å². The van der Waals surface area contributed by atoms with Crippen LogP contribution in [0.1, 0.15) is 26.7 Å². The van der Waals surface area contributed by atoms with Crippen molar-refractivity contribution in [2.75, 3.05) is 24.7 Å². The molecule has 0 bridgehead atoms.